The highest BCUT2D eigenvalue weighted by molar-refractivity contribution is 6.02. The summed E-state index contributed by atoms with van der Waals surface area (Å²) in [5.74, 6) is 1.48. The Morgan fingerprint density at radius 1 is 1.39 bits per heavy atom. The predicted molar refractivity (Wildman–Crippen MR) is 83.4 cm³/mol. The highest BCUT2D eigenvalue weighted by Gasteiger charge is 2.21. The maximum absolute atomic E-state index is 12.2. The summed E-state index contributed by atoms with van der Waals surface area (Å²) in [6, 6.07) is 4.85. The molecule has 7 heteroatoms. The predicted octanol–water partition coefficient (Wildman–Crippen LogP) is 2.70. The van der Waals surface area contributed by atoms with Gasteiger partial charge in [-0.25, -0.2) is 4.98 Å². The number of anilines is 1. The van der Waals surface area contributed by atoms with Crippen molar-refractivity contribution in [3.05, 3.63) is 36.0 Å². The molecule has 2 unspecified atom stereocenters. The van der Waals surface area contributed by atoms with E-state index in [0.717, 1.165) is 6.42 Å². The van der Waals surface area contributed by atoms with Crippen molar-refractivity contribution in [2.24, 2.45) is 11.7 Å². The standard InChI is InChI=1S/C16H19N3O4/c1-3-9(2)14(17)16-19-11(7-21-16)15(20)18-10-4-5-12-13(6-10)23-8-22-12/h4-7,9,14H,3,8,17H2,1-2H3,(H,18,20). The molecule has 0 spiro atoms. The number of ether oxygens (including phenoxy) is 2. The van der Waals surface area contributed by atoms with E-state index >= 15 is 0 Å². The molecule has 0 aliphatic carbocycles. The lowest BCUT2D eigenvalue weighted by Gasteiger charge is -2.13. The fourth-order valence-corrected chi connectivity index (χ4v) is 2.21. The van der Waals surface area contributed by atoms with Crippen LogP contribution in [0.25, 0.3) is 0 Å². The topological polar surface area (TPSA) is 99.6 Å². The Labute approximate surface area is 133 Å². The summed E-state index contributed by atoms with van der Waals surface area (Å²) in [4.78, 5) is 16.4. The van der Waals surface area contributed by atoms with Gasteiger partial charge in [0, 0.05) is 11.8 Å². The molecule has 2 aromatic rings. The van der Waals surface area contributed by atoms with E-state index in [2.05, 4.69) is 10.3 Å². The molecule has 122 valence electrons. The van der Waals surface area contributed by atoms with Crippen LogP contribution in [0.4, 0.5) is 5.69 Å². The molecule has 0 radical (unpaired) electrons. The third-order valence-electron chi connectivity index (χ3n) is 3.93. The van der Waals surface area contributed by atoms with Crippen LogP contribution in [0.3, 0.4) is 0 Å². The van der Waals surface area contributed by atoms with E-state index in [9.17, 15) is 4.79 Å². The molecule has 2 atom stereocenters. The smallest absolute Gasteiger partial charge is 0.277 e. The normalized spacial score (nSPS) is 15.3. The van der Waals surface area contributed by atoms with Gasteiger partial charge in [-0.2, -0.15) is 0 Å². The molecule has 1 aliphatic rings. The molecule has 23 heavy (non-hydrogen) atoms. The minimum absolute atomic E-state index is 0.187. The van der Waals surface area contributed by atoms with Gasteiger partial charge >= 0.3 is 0 Å². The number of rotatable bonds is 5. The van der Waals surface area contributed by atoms with Crippen LogP contribution in [0.15, 0.2) is 28.9 Å². The number of carbonyl (C=O) groups is 1. The molecular formula is C16H19N3O4. The zero-order valence-electron chi connectivity index (χ0n) is 13.0. The van der Waals surface area contributed by atoms with Gasteiger partial charge in [-0.05, 0) is 18.1 Å². The maximum atomic E-state index is 12.2. The second-order valence-corrected chi connectivity index (χ2v) is 5.50. The first-order valence-electron chi connectivity index (χ1n) is 7.50. The van der Waals surface area contributed by atoms with Gasteiger partial charge in [0.2, 0.25) is 12.7 Å². The van der Waals surface area contributed by atoms with Crippen molar-refractivity contribution >= 4 is 11.6 Å². The average molecular weight is 317 g/mol. The Morgan fingerprint density at radius 3 is 2.96 bits per heavy atom. The molecule has 0 saturated carbocycles. The van der Waals surface area contributed by atoms with Crippen LogP contribution in [0.1, 0.15) is 42.7 Å². The second kappa shape index (κ2) is 6.29. The number of hydrogen-bond donors (Lipinski definition) is 2. The summed E-state index contributed by atoms with van der Waals surface area (Å²) in [5.41, 5.74) is 6.84. The number of benzene rings is 1. The van der Waals surface area contributed by atoms with Crippen molar-refractivity contribution < 1.29 is 18.7 Å². The minimum atomic E-state index is -0.366. The van der Waals surface area contributed by atoms with Gasteiger partial charge in [0.1, 0.15) is 6.26 Å². The van der Waals surface area contributed by atoms with Gasteiger partial charge in [0.25, 0.3) is 5.91 Å². The Balaban J connectivity index is 1.70. The lowest BCUT2D eigenvalue weighted by Crippen LogP contribution is -2.19. The summed E-state index contributed by atoms with van der Waals surface area (Å²) in [6.45, 7) is 4.24. The first-order chi connectivity index (χ1) is 11.1. The quantitative estimate of drug-likeness (QED) is 0.879. The molecule has 1 aromatic heterocycles. The largest absolute Gasteiger partial charge is 0.454 e. The van der Waals surface area contributed by atoms with E-state index < -0.39 is 0 Å². The summed E-state index contributed by atoms with van der Waals surface area (Å²) in [6.07, 6.45) is 2.22. The highest BCUT2D eigenvalue weighted by Crippen LogP contribution is 2.34. The van der Waals surface area contributed by atoms with Crippen LogP contribution in [0, 0.1) is 5.92 Å². The molecule has 0 bridgehead atoms. The van der Waals surface area contributed by atoms with E-state index in [-0.39, 0.29) is 30.4 Å². The molecule has 3 N–H and O–H groups in total. The highest BCUT2D eigenvalue weighted by atomic mass is 16.7. The molecule has 1 aromatic carbocycles. The third-order valence-corrected chi connectivity index (χ3v) is 3.93. The van der Waals surface area contributed by atoms with E-state index in [4.69, 9.17) is 19.6 Å². The first-order valence-corrected chi connectivity index (χ1v) is 7.50. The molecule has 0 fully saturated rings. The van der Waals surface area contributed by atoms with Crippen LogP contribution in [-0.2, 0) is 0 Å². The number of fused-ring (bicyclic) bond motifs is 1. The summed E-state index contributed by atoms with van der Waals surface area (Å²) >= 11 is 0. The molecule has 1 amide bonds. The van der Waals surface area contributed by atoms with Crippen molar-refractivity contribution in [3.63, 3.8) is 0 Å². The number of oxazole rings is 1. The Morgan fingerprint density at radius 2 is 2.17 bits per heavy atom. The lowest BCUT2D eigenvalue weighted by atomic mass is 10.0. The maximum Gasteiger partial charge on any atom is 0.277 e. The SMILES string of the molecule is CCC(C)C(N)c1nc(C(=O)Nc2ccc3c(c2)OCO3)co1. The number of nitrogens with zero attached hydrogens (tertiary/aromatic N) is 1. The van der Waals surface area contributed by atoms with Gasteiger partial charge in [0.05, 0.1) is 6.04 Å². The van der Waals surface area contributed by atoms with Crippen molar-refractivity contribution in [3.8, 4) is 11.5 Å². The zero-order valence-corrected chi connectivity index (χ0v) is 13.0. The van der Waals surface area contributed by atoms with E-state index in [1.54, 1.807) is 18.2 Å². The lowest BCUT2D eigenvalue weighted by molar-refractivity contribution is 0.102. The van der Waals surface area contributed by atoms with Crippen LogP contribution in [-0.4, -0.2) is 17.7 Å². The van der Waals surface area contributed by atoms with Crippen LogP contribution in [0.2, 0.25) is 0 Å². The number of carbonyl (C=O) groups excluding carboxylic acids is 1. The van der Waals surface area contributed by atoms with Gasteiger partial charge in [0.15, 0.2) is 17.2 Å². The fourth-order valence-electron chi connectivity index (χ4n) is 2.21. The number of aromatic nitrogens is 1. The van der Waals surface area contributed by atoms with Crippen molar-refractivity contribution in [1.82, 2.24) is 4.98 Å². The fraction of sp³-hybridized carbons (Fsp3) is 0.375. The summed E-state index contributed by atoms with van der Waals surface area (Å²) < 4.78 is 15.8. The monoisotopic (exact) mass is 317 g/mol. The molecule has 1 aliphatic heterocycles. The minimum Gasteiger partial charge on any atom is -0.454 e. The molecular weight excluding hydrogens is 298 g/mol. The number of hydrogen-bond acceptors (Lipinski definition) is 6. The first kappa shape index (κ1) is 15.4. The van der Waals surface area contributed by atoms with Crippen LogP contribution in [0.5, 0.6) is 11.5 Å². The van der Waals surface area contributed by atoms with E-state index in [1.165, 1.54) is 6.26 Å². The second-order valence-electron chi connectivity index (χ2n) is 5.50. The van der Waals surface area contributed by atoms with Crippen molar-refractivity contribution in [1.29, 1.82) is 0 Å². The van der Waals surface area contributed by atoms with Gasteiger partial charge in [-0.3, -0.25) is 4.79 Å². The third kappa shape index (κ3) is 3.14. The van der Waals surface area contributed by atoms with Gasteiger partial charge in [-0.15, -0.1) is 0 Å². The van der Waals surface area contributed by atoms with Crippen LogP contribution >= 0.6 is 0 Å². The average Bonchev–Trinajstić information content (AvgIpc) is 3.21. The number of nitrogens with two attached hydrogens (primary N) is 1. The number of amides is 1. The molecule has 0 saturated heterocycles. The van der Waals surface area contributed by atoms with Crippen molar-refractivity contribution in [2.45, 2.75) is 26.3 Å². The van der Waals surface area contributed by atoms with Gasteiger partial charge in [-0.1, -0.05) is 20.3 Å². The molecule has 2 heterocycles. The molecule has 3 rings (SSSR count). The van der Waals surface area contributed by atoms with Crippen molar-refractivity contribution in [2.75, 3.05) is 12.1 Å². The molecule has 7 nitrogen and oxygen atoms in total. The Kier molecular flexibility index (Phi) is 4.20. The summed E-state index contributed by atoms with van der Waals surface area (Å²) in [7, 11) is 0. The summed E-state index contributed by atoms with van der Waals surface area (Å²) in [5, 5.41) is 2.75. The Hall–Kier alpha value is -2.54. The Bertz CT molecular complexity index is 713. The van der Waals surface area contributed by atoms with E-state index in [1.807, 2.05) is 13.8 Å². The van der Waals surface area contributed by atoms with E-state index in [0.29, 0.717) is 23.1 Å². The van der Waals surface area contributed by atoms with Gasteiger partial charge < -0.3 is 24.9 Å². The number of nitrogens with one attached hydrogen (secondary N) is 1. The van der Waals surface area contributed by atoms with Crippen LogP contribution < -0.4 is 20.5 Å². The zero-order chi connectivity index (χ0) is 16.4.